The number of carboxylic acids is 2. The number of hydrogen-bond donors (Lipinski definition) is 2. The van der Waals surface area contributed by atoms with Crippen molar-refractivity contribution in [1.29, 1.82) is 0 Å². The molecule has 0 aromatic heterocycles. The van der Waals surface area contributed by atoms with Gasteiger partial charge in [0.2, 0.25) is 5.91 Å². The number of hydrogen-bond acceptors (Lipinski definition) is 6. The van der Waals surface area contributed by atoms with Crippen molar-refractivity contribution in [3.63, 3.8) is 0 Å². The van der Waals surface area contributed by atoms with Crippen molar-refractivity contribution in [2.24, 2.45) is 5.92 Å². The highest BCUT2D eigenvalue weighted by Crippen LogP contribution is 2.34. The van der Waals surface area contributed by atoms with Crippen molar-refractivity contribution in [2.45, 2.75) is 32.4 Å². The zero-order valence-electron chi connectivity index (χ0n) is 15.8. The number of amides is 1. The number of β-lactam (4-membered cyclic amide) rings is 1. The van der Waals surface area contributed by atoms with E-state index in [1.807, 2.05) is 0 Å². The summed E-state index contributed by atoms with van der Waals surface area (Å²) < 4.78 is 10.4. The van der Waals surface area contributed by atoms with Crippen LogP contribution in [0.5, 0.6) is 11.5 Å². The molecule has 1 fully saturated rings. The van der Waals surface area contributed by atoms with Crippen LogP contribution in [0.25, 0.3) is 0 Å². The van der Waals surface area contributed by atoms with Crippen LogP contribution in [-0.2, 0) is 20.9 Å². The zero-order valence-corrected chi connectivity index (χ0v) is 15.8. The maximum Gasteiger partial charge on any atom is 0.327 e. The third-order valence-electron chi connectivity index (χ3n) is 4.17. The Morgan fingerprint density at radius 2 is 1.93 bits per heavy atom. The smallest absolute Gasteiger partial charge is 0.327 e. The standard InChI is InChI=1S/C16H22N2O5.C2H4O2/c1-22-11-6-5-10(13(8-11)23-2)9-18-14(16(20)21)12(15(18)19)4-3-7-17;1-2(3)4/h5-6,8,12,14H,3-4,7,9,17H2,1-2H3,(H,20,21);1H3,(H,3,4)/t12-,14+;/m1./s1. The van der Waals surface area contributed by atoms with Gasteiger partial charge in [0.25, 0.3) is 0 Å². The molecule has 1 aromatic rings. The second kappa shape index (κ2) is 10.4. The van der Waals surface area contributed by atoms with Gasteiger partial charge in [-0.3, -0.25) is 4.79 Å². The highest BCUT2D eigenvalue weighted by atomic mass is 16.5. The van der Waals surface area contributed by atoms with E-state index in [1.54, 1.807) is 25.3 Å². The molecule has 0 bridgehead atoms. The summed E-state index contributed by atoms with van der Waals surface area (Å²) in [7, 11) is 3.09. The topological polar surface area (TPSA) is 144 Å². The number of carbonyl (C=O) groups is 3. The molecule has 0 radical (unpaired) electrons. The largest absolute Gasteiger partial charge is 0.550 e. The van der Waals surface area contributed by atoms with Crippen molar-refractivity contribution in [1.82, 2.24) is 4.90 Å². The van der Waals surface area contributed by atoms with Crippen LogP contribution >= 0.6 is 0 Å². The number of carboxylic acid groups (broad SMARTS) is 2. The average Bonchev–Trinajstić information content (AvgIpc) is 2.62. The second-order valence-corrected chi connectivity index (χ2v) is 6.02. The minimum atomic E-state index is -1.08. The normalized spacial score (nSPS) is 18.1. The predicted molar refractivity (Wildman–Crippen MR) is 92.7 cm³/mol. The summed E-state index contributed by atoms with van der Waals surface area (Å²) >= 11 is 0. The summed E-state index contributed by atoms with van der Waals surface area (Å²) in [5, 5.41) is 18.3. The number of quaternary nitrogens is 1. The molecule has 1 aromatic carbocycles. The number of rotatable bonds is 8. The first kappa shape index (κ1) is 22.2. The molecule has 1 amide bonds. The van der Waals surface area contributed by atoms with E-state index >= 15 is 0 Å². The Balaban J connectivity index is 0.000000828. The highest BCUT2D eigenvalue weighted by Gasteiger charge is 2.51. The summed E-state index contributed by atoms with van der Waals surface area (Å²) in [6.45, 7) is 1.88. The minimum Gasteiger partial charge on any atom is -0.550 e. The molecule has 0 spiro atoms. The molecular weight excluding hydrogens is 356 g/mol. The van der Waals surface area contributed by atoms with Gasteiger partial charge >= 0.3 is 5.97 Å². The number of methoxy groups -OCH3 is 2. The van der Waals surface area contributed by atoms with Crippen molar-refractivity contribution in [3.05, 3.63) is 23.8 Å². The van der Waals surface area contributed by atoms with Gasteiger partial charge in [-0.2, -0.15) is 0 Å². The second-order valence-electron chi connectivity index (χ2n) is 6.02. The van der Waals surface area contributed by atoms with E-state index in [4.69, 9.17) is 19.4 Å². The summed E-state index contributed by atoms with van der Waals surface area (Å²) in [6.07, 6.45) is 1.31. The average molecular weight is 382 g/mol. The zero-order chi connectivity index (χ0) is 20.6. The summed E-state index contributed by atoms with van der Waals surface area (Å²) in [5.74, 6) is -1.40. The first-order valence-electron chi connectivity index (χ1n) is 8.47. The van der Waals surface area contributed by atoms with Crippen molar-refractivity contribution >= 4 is 17.8 Å². The number of carbonyl (C=O) groups excluding carboxylic acids is 2. The quantitative estimate of drug-likeness (QED) is 0.543. The molecular formula is C18H26N2O7. The van der Waals surface area contributed by atoms with Gasteiger partial charge in [0.05, 0.1) is 33.2 Å². The highest BCUT2D eigenvalue weighted by molar-refractivity contribution is 5.96. The van der Waals surface area contributed by atoms with Crippen LogP contribution < -0.4 is 20.3 Å². The molecule has 2 rings (SSSR count). The van der Waals surface area contributed by atoms with E-state index < -0.39 is 23.9 Å². The van der Waals surface area contributed by atoms with E-state index in [0.717, 1.165) is 18.9 Å². The fourth-order valence-electron chi connectivity index (χ4n) is 2.91. The van der Waals surface area contributed by atoms with Crippen molar-refractivity contribution in [2.75, 3.05) is 20.8 Å². The Morgan fingerprint density at radius 3 is 2.41 bits per heavy atom. The molecule has 1 aliphatic heterocycles. The number of benzene rings is 1. The molecule has 4 N–H and O–H groups in total. The summed E-state index contributed by atoms with van der Waals surface area (Å²) in [5.41, 5.74) is 4.49. The fourth-order valence-corrected chi connectivity index (χ4v) is 2.91. The Labute approximate surface area is 157 Å². The number of likely N-dealkylation sites (tertiary alicyclic amines) is 1. The lowest BCUT2D eigenvalue weighted by Gasteiger charge is -2.44. The minimum absolute atomic E-state index is 0.122. The molecule has 1 heterocycles. The van der Waals surface area contributed by atoms with E-state index in [1.165, 1.54) is 12.0 Å². The SMILES string of the molecule is CC(=O)[O-].COc1ccc(CN2C(=O)[C@H](CCC[NH3+])[C@H]2C(=O)O)c(OC)c1. The van der Waals surface area contributed by atoms with Gasteiger partial charge in [-0.1, -0.05) is 0 Å². The van der Waals surface area contributed by atoms with Crippen LogP contribution in [0.4, 0.5) is 0 Å². The van der Waals surface area contributed by atoms with Gasteiger partial charge < -0.3 is 35.1 Å². The monoisotopic (exact) mass is 382 g/mol. The Kier molecular flexibility index (Phi) is 8.53. The molecule has 9 nitrogen and oxygen atoms in total. The van der Waals surface area contributed by atoms with Crippen LogP contribution in [0.3, 0.4) is 0 Å². The van der Waals surface area contributed by atoms with Crippen LogP contribution in [0.1, 0.15) is 25.3 Å². The van der Waals surface area contributed by atoms with Crippen molar-refractivity contribution < 1.29 is 39.8 Å². The molecule has 150 valence electrons. The third kappa shape index (κ3) is 5.85. The predicted octanol–water partition coefficient (Wildman–Crippen LogP) is -1.11. The lowest BCUT2D eigenvalue weighted by molar-refractivity contribution is -0.368. The van der Waals surface area contributed by atoms with E-state index in [-0.39, 0.29) is 12.5 Å². The molecule has 0 unspecified atom stereocenters. The number of ether oxygens (including phenoxy) is 2. The van der Waals surface area contributed by atoms with Gasteiger partial charge in [-0.05, 0) is 31.9 Å². The van der Waals surface area contributed by atoms with Gasteiger partial charge in [-0.15, -0.1) is 0 Å². The molecule has 1 saturated heterocycles. The Morgan fingerprint density at radius 1 is 1.30 bits per heavy atom. The first-order chi connectivity index (χ1) is 12.8. The van der Waals surface area contributed by atoms with E-state index in [0.29, 0.717) is 24.5 Å². The maximum absolute atomic E-state index is 12.3. The molecule has 9 heteroatoms. The summed E-state index contributed by atoms with van der Waals surface area (Å²) in [4.78, 5) is 34.1. The lowest BCUT2D eigenvalue weighted by Crippen LogP contribution is -2.64. The first-order valence-corrected chi connectivity index (χ1v) is 8.47. The van der Waals surface area contributed by atoms with Gasteiger partial charge in [0, 0.05) is 17.6 Å². The van der Waals surface area contributed by atoms with Gasteiger partial charge in [-0.25, -0.2) is 4.79 Å². The fraction of sp³-hybridized carbons (Fsp3) is 0.500. The Hall–Kier alpha value is -2.81. The molecule has 1 aliphatic rings. The van der Waals surface area contributed by atoms with Crippen molar-refractivity contribution in [3.8, 4) is 11.5 Å². The molecule has 2 atom stereocenters. The third-order valence-corrected chi connectivity index (χ3v) is 4.17. The van der Waals surface area contributed by atoms with Crippen LogP contribution in [0.15, 0.2) is 18.2 Å². The maximum atomic E-state index is 12.3. The van der Waals surface area contributed by atoms with Gasteiger partial charge in [0.15, 0.2) is 0 Å². The van der Waals surface area contributed by atoms with E-state index in [2.05, 4.69) is 5.73 Å². The lowest BCUT2D eigenvalue weighted by atomic mass is 9.83. The number of nitrogens with zero attached hydrogens (tertiary/aromatic N) is 1. The van der Waals surface area contributed by atoms with Gasteiger partial charge in [0.1, 0.15) is 17.5 Å². The number of aliphatic carboxylic acids is 2. The van der Waals surface area contributed by atoms with Crippen LogP contribution in [0, 0.1) is 5.92 Å². The summed E-state index contributed by atoms with van der Waals surface area (Å²) in [6, 6.07) is 4.49. The van der Waals surface area contributed by atoms with Crippen LogP contribution in [-0.4, -0.2) is 54.7 Å². The molecule has 0 saturated carbocycles. The molecule has 0 aliphatic carbocycles. The molecule has 27 heavy (non-hydrogen) atoms. The van der Waals surface area contributed by atoms with E-state index in [9.17, 15) is 14.7 Å². The Bertz CT molecular complexity index is 674. The van der Waals surface area contributed by atoms with Crippen LogP contribution in [0.2, 0.25) is 0 Å².